The summed E-state index contributed by atoms with van der Waals surface area (Å²) in [6.07, 6.45) is 0. The van der Waals surface area contributed by atoms with Gasteiger partial charge in [-0.05, 0) is 28.9 Å². The first-order valence-electron chi connectivity index (χ1n) is 4.95. The molecule has 1 aliphatic heterocycles. The van der Waals surface area contributed by atoms with E-state index in [4.69, 9.17) is 0 Å². The van der Waals surface area contributed by atoms with Crippen molar-refractivity contribution in [2.45, 2.75) is 6.92 Å². The summed E-state index contributed by atoms with van der Waals surface area (Å²) in [4.78, 5) is 27.5. The van der Waals surface area contributed by atoms with Gasteiger partial charge in [0.15, 0.2) is 0 Å². The number of fused-ring (bicyclic) bond motifs is 3. The number of aryl methyl sites for hydroxylation is 1. The van der Waals surface area contributed by atoms with Crippen LogP contribution in [0, 0.1) is 6.92 Å². The van der Waals surface area contributed by atoms with Gasteiger partial charge in [0.25, 0.3) is 0 Å². The van der Waals surface area contributed by atoms with Crippen molar-refractivity contribution < 1.29 is 14.3 Å². The largest absolute Gasteiger partial charge is 0.386 e. The van der Waals surface area contributed by atoms with E-state index in [-0.39, 0.29) is 5.56 Å². The molecule has 0 N–H and O–H groups in total. The fourth-order valence-electron chi connectivity index (χ4n) is 2.02. The predicted molar refractivity (Wildman–Crippen MR) is 63.9 cm³/mol. The zero-order valence-corrected chi connectivity index (χ0v) is 10.4. The van der Waals surface area contributed by atoms with E-state index in [1.165, 1.54) is 0 Å². The quantitative estimate of drug-likeness (QED) is 0.553. The monoisotopic (exact) mass is 291 g/mol. The maximum absolute atomic E-state index is 11.7. The highest BCUT2D eigenvalue weighted by Gasteiger charge is 2.34. The van der Waals surface area contributed by atoms with Crippen LogP contribution in [-0.2, 0) is 4.74 Å². The van der Waals surface area contributed by atoms with E-state index in [2.05, 4.69) is 25.7 Å². The number of ether oxygens (including phenoxy) is 1. The van der Waals surface area contributed by atoms with Gasteiger partial charge in [0, 0.05) is 9.86 Å². The Kier molecular flexibility index (Phi) is 2.06. The molecule has 0 amide bonds. The van der Waals surface area contributed by atoms with E-state index in [1.54, 1.807) is 19.1 Å². The van der Waals surface area contributed by atoms with Crippen molar-refractivity contribution in [3.05, 3.63) is 39.5 Å². The first-order valence-corrected chi connectivity index (χ1v) is 5.74. The van der Waals surface area contributed by atoms with Crippen LogP contribution in [0.5, 0.6) is 0 Å². The Balaban J connectivity index is 2.56. The Hall–Kier alpha value is -1.75. The summed E-state index contributed by atoms with van der Waals surface area (Å²) < 4.78 is 5.41. The first kappa shape index (κ1) is 10.4. The average Bonchev–Trinajstić information content (AvgIpc) is 2.57. The molecule has 0 saturated carbocycles. The van der Waals surface area contributed by atoms with Crippen LogP contribution < -0.4 is 0 Å². The number of rotatable bonds is 0. The number of esters is 2. The second-order valence-electron chi connectivity index (χ2n) is 3.76. The molecule has 0 spiro atoms. The number of hydrogen-bond donors (Lipinski definition) is 0. The Bertz CT molecular complexity index is 694. The molecule has 1 aliphatic rings. The molecule has 0 bridgehead atoms. The van der Waals surface area contributed by atoms with E-state index in [9.17, 15) is 9.59 Å². The second-order valence-corrected chi connectivity index (χ2v) is 4.61. The van der Waals surface area contributed by atoms with E-state index < -0.39 is 11.9 Å². The maximum Gasteiger partial charge on any atom is 0.348 e. The standard InChI is InChI=1S/C12H6BrNO3/c1-5-8-9(12(16)17-11(8)15)6-3-2-4-7(13)10(6)14-5/h2-4H,1H3. The highest BCUT2D eigenvalue weighted by Crippen LogP contribution is 2.32. The number of nitrogens with zero attached hydrogens (tertiary/aromatic N) is 1. The van der Waals surface area contributed by atoms with Gasteiger partial charge >= 0.3 is 11.9 Å². The molecule has 2 aromatic rings. The summed E-state index contributed by atoms with van der Waals surface area (Å²) in [5.41, 5.74) is 1.77. The van der Waals surface area contributed by atoms with Gasteiger partial charge in [-0.15, -0.1) is 0 Å². The molecule has 0 unspecified atom stereocenters. The SMILES string of the molecule is Cc1nc2c(Br)cccc2c2c1C(=O)OC2=O. The minimum Gasteiger partial charge on any atom is -0.386 e. The van der Waals surface area contributed by atoms with Crippen LogP contribution >= 0.6 is 15.9 Å². The lowest BCUT2D eigenvalue weighted by Gasteiger charge is -2.05. The van der Waals surface area contributed by atoms with Crippen molar-refractivity contribution >= 4 is 38.8 Å². The number of para-hydroxylation sites is 1. The van der Waals surface area contributed by atoms with Gasteiger partial charge in [-0.1, -0.05) is 12.1 Å². The number of pyridine rings is 1. The van der Waals surface area contributed by atoms with Crippen molar-refractivity contribution in [2.24, 2.45) is 0 Å². The van der Waals surface area contributed by atoms with E-state index in [0.29, 0.717) is 22.2 Å². The lowest BCUT2D eigenvalue weighted by atomic mass is 10.0. The van der Waals surface area contributed by atoms with Crippen molar-refractivity contribution in [2.75, 3.05) is 0 Å². The van der Waals surface area contributed by atoms with Gasteiger partial charge in [-0.2, -0.15) is 0 Å². The zero-order valence-electron chi connectivity index (χ0n) is 8.78. The Morgan fingerprint density at radius 1 is 1.18 bits per heavy atom. The minimum atomic E-state index is -0.614. The van der Waals surface area contributed by atoms with Crippen LogP contribution in [-0.4, -0.2) is 16.9 Å². The molecular weight excluding hydrogens is 286 g/mol. The minimum absolute atomic E-state index is 0.278. The number of aromatic nitrogens is 1. The number of benzene rings is 1. The normalized spacial score (nSPS) is 14.0. The molecule has 0 atom stereocenters. The summed E-state index contributed by atoms with van der Waals surface area (Å²) in [5.74, 6) is -1.21. The van der Waals surface area contributed by atoms with Gasteiger partial charge < -0.3 is 4.74 Å². The summed E-state index contributed by atoms with van der Waals surface area (Å²) in [6, 6.07) is 5.38. The molecule has 3 rings (SSSR count). The molecule has 0 saturated heterocycles. The molecule has 0 fully saturated rings. The van der Waals surface area contributed by atoms with Crippen LogP contribution in [0.15, 0.2) is 22.7 Å². The maximum atomic E-state index is 11.7. The third-order valence-electron chi connectivity index (χ3n) is 2.74. The highest BCUT2D eigenvalue weighted by atomic mass is 79.9. The Morgan fingerprint density at radius 3 is 2.65 bits per heavy atom. The van der Waals surface area contributed by atoms with Crippen molar-refractivity contribution in [3.63, 3.8) is 0 Å². The van der Waals surface area contributed by atoms with E-state index in [0.717, 1.165) is 4.47 Å². The van der Waals surface area contributed by atoms with Gasteiger partial charge in [-0.25, -0.2) is 9.59 Å². The van der Waals surface area contributed by atoms with Crippen molar-refractivity contribution in [1.29, 1.82) is 0 Å². The number of hydrogen-bond acceptors (Lipinski definition) is 4. The summed E-state index contributed by atoms with van der Waals surface area (Å²) >= 11 is 3.37. The van der Waals surface area contributed by atoms with Gasteiger partial charge in [0.2, 0.25) is 0 Å². The third kappa shape index (κ3) is 1.32. The molecule has 0 radical (unpaired) electrons. The zero-order chi connectivity index (χ0) is 12.2. The van der Waals surface area contributed by atoms with Crippen LogP contribution in [0.2, 0.25) is 0 Å². The van der Waals surface area contributed by atoms with Gasteiger partial charge in [0.1, 0.15) is 0 Å². The van der Waals surface area contributed by atoms with Gasteiger partial charge in [-0.3, -0.25) is 4.98 Å². The predicted octanol–water partition coefficient (Wildman–Crippen LogP) is 2.62. The first-order chi connectivity index (χ1) is 8.09. The number of carbonyl (C=O) groups is 2. The second kappa shape index (κ2) is 3.37. The van der Waals surface area contributed by atoms with Crippen LogP contribution in [0.1, 0.15) is 26.4 Å². The van der Waals surface area contributed by atoms with Crippen molar-refractivity contribution in [1.82, 2.24) is 4.98 Å². The van der Waals surface area contributed by atoms with Crippen LogP contribution in [0.25, 0.3) is 10.9 Å². The Labute approximate surface area is 105 Å². The lowest BCUT2D eigenvalue weighted by Crippen LogP contribution is -2.00. The number of carbonyl (C=O) groups excluding carboxylic acids is 2. The van der Waals surface area contributed by atoms with Crippen LogP contribution in [0.4, 0.5) is 0 Å². The molecule has 0 aliphatic carbocycles. The highest BCUT2D eigenvalue weighted by molar-refractivity contribution is 9.10. The Morgan fingerprint density at radius 2 is 1.88 bits per heavy atom. The molecule has 1 aromatic carbocycles. The summed E-state index contributed by atoms with van der Waals surface area (Å²) in [7, 11) is 0. The topological polar surface area (TPSA) is 56.3 Å². The van der Waals surface area contributed by atoms with Crippen LogP contribution in [0.3, 0.4) is 0 Å². The lowest BCUT2D eigenvalue weighted by molar-refractivity contribution is 0.0444. The van der Waals surface area contributed by atoms with Gasteiger partial charge in [0.05, 0.1) is 22.3 Å². The average molecular weight is 292 g/mol. The number of halogens is 1. The molecule has 2 heterocycles. The van der Waals surface area contributed by atoms with E-state index >= 15 is 0 Å². The fourth-order valence-corrected chi connectivity index (χ4v) is 2.47. The summed E-state index contributed by atoms with van der Waals surface area (Å²) in [6.45, 7) is 1.69. The van der Waals surface area contributed by atoms with Crippen molar-refractivity contribution in [3.8, 4) is 0 Å². The molecular formula is C12H6BrNO3. The smallest absolute Gasteiger partial charge is 0.348 e. The molecule has 1 aromatic heterocycles. The third-order valence-corrected chi connectivity index (χ3v) is 3.38. The molecule has 17 heavy (non-hydrogen) atoms. The molecule has 4 nitrogen and oxygen atoms in total. The molecule has 84 valence electrons. The fraction of sp³-hybridized carbons (Fsp3) is 0.0833. The molecule has 5 heteroatoms. The number of cyclic esters (lactones) is 2. The summed E-state index contributed by atoms with van der Waals surface area (Å²) in [5, 5.41) is 0.635. The van der Waals surface area contributed by atoms with E-state index in [1.807, 2.05) is 6.07 Å².